The Kier molecular flexibility index (Phi) is 4.52. The summed E-state index contributed by atoms with van der Waals surface area (Å²) in [4.78, 5) is 11.3. The first-order valence-electron chi connectivity index (χ1n) is 6.09. The van der Waals surface area contributed by atoms with E-state index in [0.29, 0.717) is 0 Å². The van der Waals surface area contributed by atoms with Crippen LogP contribution in [0.5, 0.6) is 0 Å². The smallest absolute Gasteiger partial charge is 0.309 e. The molecule has 1 aliphatic rings. The second-order valence-corrected chi connectivity index (χ2v) is 9.23. The average molecular weight is 276 g/mol. The van der Waals surface area contributed by atoms with Gasteiger partial charge in [0.05, 0.1) is 5.41 Å². The van der Waals surface area contributed by atoms with Gasteiger partial charge in [-0.3, -0.25) is 4.79 Å². The lowest BCUT2D eigenvalue weighted by atomic mass is 9.60. The van der Waals surface area contributed by atoms with Crippen molar-refractivity contribution in [2.45, 2.75) is 47.5 Å². The Morgan fingerprint density at radius 1 is 1.29 bits per heavy atom. The molecular weight excluding hydrogens is 252 g/mol. The van der Waals surface area contributed by atoms with Crippen LogP contribution in [0.2, 0.25) is 0 Å². The van der Waals surface area contributed by atoms with E-state index in [4.69, 9.17) is 0 Å². The molecule has 1 saturated heterocycles. The van der Waals surface area contributed by atoms with E-state index in [1.54, 1.807) is 0 Å². The molecule has 0 aromatic rings. The van der Waals surface area contributed by atoms with Crippen LogP contribution in [0.3, 0.4) is 0 Å². The van der Waals surface area contributed by atoms with E-state index in [0.717, 1.165) is 12.2 Å². The number of carbonyl (C=O) groups is 1. The molecule has 4 heteroatoms. The standard InChI is InChI=1S/C13H24O2S2/c1-11(2,10(14)15)8-12(3,4)13(5)6-7-16-17-9-13/h6-9H2,1-5H3,(H,14,15). The zero-order valence-electron chi connectivity index (χ0n) is 11.5. The molecule has 0 aromatic heterocycles. The molecule has 0 saturated carbocycles. The molecule has 17 heavy (non-hydrogen) atoms. The zero-order chi connectivity index (χ0) is 13.3. The van der Waals surface area contributed by atoms with Gasteiger partial charge in [-0.1, -0.05) is 42.4 Å². The van der Waals surface area contributed by atoms with Gasteiger partial charge < -0.3 is 5.11 Å². The highest BCUT2D eigenvalue weighted by Gasteiger charge is 2.46. The summed E-state index contributed by atoms with van der Waals surface area (Å²) in [6, 6.07) is 0. The van der Waals surface area contributed by atoms with Gasteiger partial charge in [-0.05, 0) is 37.5 Å². The fourth-order valence-corrected chi connectivity index (χ4v) is 5.66. The maximum Gasteiger partial charge on any atom is 0.309 e. The van der Waals surface area contributed by atoms with E-state index in [-0.39, 0.29) is 10.8 Å². The summed E-state index contributed by atoms with van der Waals surface area (Å²) in [5.74, 6) is 1.62. The predicted octanol–water partition coefficient (Wildman–Crippen LogP) is 4.30. The zero-order valence-corrected chi connectivity index (χ0v) is 13.1. The summed E-state index contributed by atoms with van der Waals surface area (Å²) >= 11 is 0. The summed E-state index contributed by atoms with van der Waals surface area (Å²) in [5, 5.41) is 9.28. The highest BCUT2D eigenvalue weighted by Crippen LogP contribution is 2.54. The second kappa shape index (κ2) is 5.04. The number of aliphatic carboxylic acids is 1. The lowest BCUT2D eigenvalue weighted by Gasteiger charge is -2.48. The van der Waals surface area contributed by atoms with Crippen molar-refractivity contribution in [2.75, 3.05) is 11.5 Å². The molecule has 1 aliphatic heterocycles. The maximum absolute atomic E-state index is 11.3. The molecule has 1 heterocycles. The predicted molar refractivity (Wildman–Crippen MR) is 77.5 cm³/mol. The van der Waals surface area contributed by atoms with Crippen LogP contribution in [-0.4, -0.2) is 22.6 Å². The molecule has 1 unspecified atom stereocenters. The van der Waals surface area contributed by atoms with Crippen molar-refractivity contribution in [3.05, 3.63) is 0 Å². The molecule has 1 fully saturated rings. The topological polar surface area (TPSA) is 37.3 Å². The Bertz CT molecular complexity index is 292. The second-order valence-electron chi connectivity index (χ2n) is 6.64. The van der Waals surface area contributed by atoms with Crippen LogP contribution in [0.1, 0.15) is 47.5 Å². The molecule has 2 nitrogen and oxygen atoms in total. The summed E-state index contributed by atoms with van der Waals surface area (Å²) in [6.45, 7) is 10.5. The van der Waals surface area contributed by atoms with Gasteiger partial charge >= 0.3 is 5.97 Å². The van der Waals surface area contributed by atoms with Crippen LogP contribution >= 0.6 is 21.6 Å². The summed E-state index contributed by atoms with van der Waals surface area (Å²) < 4.78 is 0. The van der Waals surface area contributed by atoms with E-state index >= 15 is 0 Å². The number of hydrogen-bond donors (Lipinski definition) is 1. The van der Waals surface area contributed by atoms with E-state index in [1.807, 2.05) is 35.4 Å². The average Bonchev–Trinajstić information content (AvgIpc) is 2.16. The van der Waals surface area contributed by atoms with Gasteiger partial charge in [0.25, 0.3) is 0 Å². The van der Waals surface area contributed by atoms with Crippen LogP contribution in [-0.2, 0) is 4.79 Å². The van der Waals surface area contributed by atoms with Gasteiger partial charge in [-0.15, -0.1) is 0 Å². The third-order valence-electron chi connectivity index (χ3n) is 4.29. The number of hydrogen-bond acceptors (Lipinski definition) is 3. The first-order valence-corrected chi connectivity index (χ1v) is 8.57. The molecule has 0 aromatic carbocycles. The van der Waals surface area contributed by atoms with Gasteiger partial charge in [0.1, 0.15) is 0 Å². The third kappa shape index (κ3) is 3.34. The Balaban J connectivity index is 2.83. The molecule has 100 valence electrons. The van der Waals surface area contributed by atoms with Crippen molar-refractivity contribution in [3.63, 3.8) is 0 Å². The van der Waals surface area contributed by atoms with Crippen molar-refractivity contribution in [3.8, 4) is 0 Å². The number of carboxylic acids is 1. The molecule has 0 radical (unpaired) electrons. The minimum Gasteiger partial charge on any atom is -0.481 e. The Hall–Kier alpha value is 0.170. The van der Waals surface area contributed by atoms with Crippen LogP contribution in [0.25, 0.3) is 0 Å². The largest absolute Gasteiger partial charge is 0.481 e. The Morgan fingerprint density at radius 3 is 2.29 bits per heavy atom. The van der Waals surface area contributed by atoms with Crippen LogP contribution in [0.15, 0.2) is 0 Å². The maximum atomic E-state index is 11.3. The van der Waals surface area contributed by atoms with E-state index < -0.39 is 11.4 Å². The third-order valence-corrected chi connectivity index (χ3v) is 6.94. The van der Waals surface area contributed by atoms with Crippen molar-refractivity contribution in [1.82, 2.24) is 0 Å². The summed E-state index contributed by atoms with van der Waals surface area (Å²) in [7, 11) is 3.87. The molecule has 0 amide bonds. The fourth-order valence-electron chi connectivity index (χ4n) is 2.50. The highest BCUT2D eigenvalue weighted by atomic mass is 33.1. The molecule has 1 atom stereocenters. The van der Waals surface area contributed by atoms with Crippen LogP contribution < -0.4 is 0 Å². The highest BCUT2D eigenvalue weighted by molar-refractivity contribution is 8.76. The molecule has 0 bridgehead atoms. The van der Waals surface area contributed by atoms with Crippen LogP contribution in [0, 0.1) is 16.2 Å². The fraction of sp³-hybridized carbons (Fsp3) is 0.923. The number of rotatable bonds is 4. The van der Waals surface area contributed by atoms with Gasteiger partial charge in [-0.2, -0.15) is 0 Å². The number of carboxylic acid groups (broad SMARTS) is 1. The SMILES string of the molecule is CC(C)(CC(C)(C)C1(C)CCSSC1)C(=O)O. The Morgan fingerprint density at radius 2 is 1.88 bits per heavy atom. The lowest BCUT2D eigenvalue weighted by molar-refractivity contribution is -0.149. The van der Waals surface area contributed by atoms with Crippen molar-refractivity contribution in [2.24, 2.45) is 16.2 Å². The van der Waals surface area contributed by atoms with Gasteiger partial charge in [0.15, 0.2) is 0 Å². The first kappa shape index (κ1) is 15.2. The van der Waals surface area contributed by atoms with Crippen LogP contribution in [0.4, 0.5) is 0 Å². The molecular formula is C13H24O2S2. The van der Waals surface area contributed by atoms with Crippen molar-refractivity contribution >= 4 is 27.6 Å². The first-order chi connectivity index (χ1) is 7.61. The van der Waals surface area contributed by atoms with Crippen molar-refractivity contribution in [1.29, 1.82) is 0 Å². The molecule has 0 aliphatic carbocycles. The summed E-state index contributed by atoms with van der Waals surface area (Å²) in [6.07, 6.45) is 1.92. The van der Waals surface area contributed by atoms with E-state index in [1.165, 1.54) is 12.2 Å². The van der Waals surface area contributed by atoms with Gasteiger partial charge in [-0.25, -0.2) is 0 Å². The lowest BCUT2D eigenvalue weighted by Crippen LogP contribution is -2.43. The Labute approximate surface area is 113 Å². The molecule has 1 rings (SSSR count). The normalized spacial score (nSPS) is 26.9. The van der Waals surface area contributed by atoms with E-state index in [2.05, 4.69) is 20.8 Å². The molecule has 0 spiro atoms. The van der Waals surface area contributed by atoms with Gasteiger partial charge in [0.2, 0.25) is 0 Å². The van der Waals surface area contributed by atoms with Crippen molar-refractivity contribution < 1.29 is 9.90 Å². The monoisotopic (exact) mass is 276 g/mol. The summed E-state index contributed by atoms with van der Waals surface area (Å²) in [5.41, 5.74) is -0.333. The quantitative estimate of drug-likeness (QED) is 0.777. The van der Waals surface area contributed by atoms with E-state index in [9.17, 15) is 9.90 Å². The minimum atomic E-state index is -0.688. The molecule has 1 N–H and O–H groups in total. The minimum absolute atomic E-state index is 0.0584. The van der Waals surface area contributed by atoms with Gasteiger partial charge in [0, 0.05) is 11.5 Å².